The van der Waals surface area contributed by atoms with Crippen LogP contribution in [0.25, 0.3) is 0 Å². The van der Waals surface area contributed by atoms with Gasteiger partial charge in [-0.25, -0.2) is 4.39 Å². The maximum atomic E-state index is 13.0. The highest BCUT2D eigenvalue weighted by Gasteiger charge is 2.08. The highest BCUT2D eigenvalue weighted by molar-refractivity contribution is 5.97. The third kappa shape index (κ3) is 3.57. The molecule has 0 aliphatic heterocycles. The predicted octanol–water partition coefficient (Wildman–Crippen LogP) is 3.40. The van der Waals surface area contributed by atoms with Gasteiger partial charge >= 0.3 is 0 Å². The summed E-state index contributed by atoms with van der Waals surface area (Å²) in [5, 5.41) is 3.19. The molecule has 20 heavy (non-hydrogen) atoms. The van der Waals surface area contributed by atoms with Gasteiger partial charge in [0, 0.05) is 24.2 Å². The van der Waals surface area contributed by atoms with Crippen molar-refractivity contribution in [2.24, 2.45) is 0 Å². The number of carbonyl (C=O) groups excluding carboxylic acids is 1. The van der Waals surface area contributed by atoms with E-state index in [1.807, 2.05) is 31.2 Å². The lowest BCUT2D eigenvalue weighted by Crippen LogP contribution is -2.09. The first-order valence-corrected chi connectivity index (χ1v) is 6.45. The molecule has 3 N–H and O–H groups in total. The van der Waals surface area contributed by atoms with Crippen LogP contribution in [-0.4, -0.2) is 12.3 Å². The monoisotopic (exact) mass is 272 g/mol. The van der Waals surface area contributed by atoms with Crippen LogP contribution in [0.5, 0.6) is 0 Å². The maximum absolute atomic E-state index is 13.0. The number of Topliss-reactive ketones (excluding diaryl/α,β-unsaturated/α-hetero) is 1. The average Bonchev–Trinajstić information content (AvgIpc) is 2.42. The number of nitrogen functional groups attached to an aromatic ring is 1. The van der Waals surface area contributed by atoms with Crippen LogP contribution in [0.3, 0.4) is 0 Å². The smallest absolute Gasteiger partial charge is 0.164 e. The van der Waals surface area contributed by atoms with Crippen LogP contribution in [-0.2, 0) is 0 Å². The standard InChI is InChI=1S/C16H17FN2O/c1-11-3-2-4-13(9-11)19-8-7-16(20)12-5-6-14(17)15(18)10-12/h2-6,9-10,19H,7-8,18H2,1H3. The third-order valence-corrected chi connectivity index (χ3v) is 3.02. The number of aryl methyl sites for hydroxylation is 1. The van der Waals surface area contributed by atoms with Crippen molar-refractivity contribution in [3.8, 4) is 0 Å². The molecule has 0 radical (unpaired) electrons. The number of carbonyl (C=O) groups is 1. The van der Waals surface area contributed by atoms with Crippen molar-refractivity contribution in [2.45, 2.75) is 13.3 Å². The average molecular weight is 272 g/mol. The molecule has 0 amide bonds. The van der Waals surface area contributed by atoms with Crippen LogP contribution < -0.4 is 11.1 Å². The maximum Gasteiger partial charge on any atom is 0.164 e. The second-order valence-corrected chi connectivity index (χ2v) is 4.71. The molecule has 0 aliphatic rings. The molecule has 0 saturated heterocycles. The van der Waals surface area contributed by atoms with Gasteiger partial charge in [0.1, 0.15) is 5.82 Å². The van der Waals surface area contributed by atoms with Crippen LogP contribution in [0.15, 0.2) is 42.5 Å². The summed E-state index contributed by atoms with van der Waals surface area (Å²) in [6.07, 6.45) is 0.332. The number of hydrogen-bond acceptors (Lipinski definition) is 3. The minimum absolute atomic E-state index is 0.00231. The molecule has 4 heteroatoms. The zero-order valence-electron chi connectivity index (χ0n) is 11.3. The Bertz CT molecular complexity index is 626. The number of nitrogens with two attached hydrogens (primary N) is 1. The number of anilines is 2. The molecule has 0 aliphatic carbocycles. The highest BCUT2D eigenvalue weighted by Crippen LogP contribution is 2.14. The Balaban J connectivity index is 1.90. The first kappa shape index (κ1) is 14.1. The Morgan fingerprint density at radius 2 is 2.05 bits per heavy atom. The normalized spacial score (nSPS) is 10.3. The molecule has 0 atom stereocenters. The van der Waals surface area contributed by atoms with E-state index in [1.165, 1.54) is 18.2 Å². The van der Waals surface area contributed by atoms with E-state index in [-0.39, 0.29) is 11.5 Å². The quantitative estimate of drug-likeness (QED) is 0.648. The van der Waals surface area contributed by atoms with Gasteiger partial charge in [0.05, 0.1) is 5.69 Å². The number of halogens is 1. The largest absolute Gasteiger partial charge is 0.396 e. The summed E-state index contributed by atoms with van der Waals surface area (Å²) >= 11 is 0. The number of rotatable bonds is 5. The van der Waals surface area contributed by atoms with Crippen molar-refractivity contribution in [2.75, 3.05) is 17.6 Å². The summed E-state index contributed by atoms with van der Waals surface area (Å²) in [5.41, 5.74) is 8.04. The van der Waals surface area contributed by atoms with Gasteiger partial charge in [-0.1, -0.05) is 12.1 Å². The van der Waals surface area contributed by atoms with E-state index in [4.69, 9.17) is 5.73 Å². The molecule has 0 unspecified atom stereocenters. The summed E-state index contributed by atoms with van der Waals surface area (Å²) in [7, 11) is 0. The molecule has 0 spiro atoms. The SMILES string of the molecule is Cc1cccc(NCCC(=O)c2ccc(F)c(N)c2)c1. The van der Waals surface area contributed by atoms with Crippen molar-refractivity contribution in [1.82, 2.24) is 0 Å². The van der Waals surface area contributed by atoms with Gasteiger partial charge in [-0.3, -0.25) is 4.79 Å². The molecular formula is C16H17FN2O. The fourth-order valence-electron chi connectivity index (χ4n) is 1.94. The number of ketones is 1. The van der Waals surface area contributed by atoms with Crippen molar-refractivity contribution in [3.05, 3.63) is 59.4 Å². The van der Waals surface area contributed by atoms with Gasteiger partial charge < -0.3 is 11.1 Å². The number of nitrogens with one attached hydrogen (secondary N) is 1. The minimum atomic E-state index is -0.501. The summed E-state index contributed by atoms with van der Waals surface area (Å²) in [6, 6.07) is 12.0. The van der Waals surface area contributed by atoms with Gasteiger partial charge in [-0.15, -0.1) is 0 Å². The van der Waals surface area contributed by atoms with E-state index in [0.717, 1.165) is 11.3 Å². The summed E-state index contributed by atoms with van der Waals surface area (Å²) in [6.45, 7) is 2.54. The Morgan fingerprint density at radius 1 is 1.25 bits per heavy atom. The Hall–Kier alpha value is -2.36. The zero-order valence-corrected chi connectivity index (χ0v) is 11.3. The van der Waals surface area contributed by atoms with E-state index in [0.29, 0.717) is 18.5 Å². The highest BCUT2D eigenvalue weighted by atomic mass is 19.1. The number of hydrogen-bond donors (Lipinski definition) is 2. The molecule has 2 aromatic carbocycles. The van der Waals surface area contributed by atoms with Crippen molar-refractivity contribution >= 4 is 17.2 Å². The molecule has 104 valence electrons. The first-order valence-electron chi connectivity index (χ1n) is 6.45. The van der Waals surface area contributed by atoms with Crippen LogP contribution >= 0.6 is 0 Å². The van der Waals surface area contributed by atoms with Crippen molar-refractivity contribution in [3.63, 3.8) is 0 Å². The minimum Gasteiger partial charge on any atom is -0.396 e. The van der Waals surface area contributed by atoms with Crippen LogP contribution in [0.1, 0.15) is 22.3 Å². The van der Waals surface area contributed by atoms with E-state index in [2.05, 4.69) is 5.32 Å². The third-order valence-electron chi connectivity index (χ3n) is 3.02. The molecule has 0 bridgehead atoms. The Morgan fingerprint density at radius 3 is 2.75 bits per heavy atom. The molecule has 3 nitrogen and oxygen atoms in total. The molecule has 0 aromatic heterocycles. The fourth-order valence-corrected chi connectivity index (χ4v) is 1.94. The lowest BCUT2D eigenvalue weighted by molar-refractivity contribution is 0.0986. The predicted molar refractivity (Wildman–Crippen MR) is 79.4 cm³/mol. The van der Waals surface area contributed by atoms with E-state index in [1.54, 1.807) is 0 Å². The summed E-state index contributed by atoms with van der Waals surface area (Å²) < 4.78 is 13.0. The van der Waals surface area contributed by atoms with Gasteiger partial charge in [0.15, 0.2) is 5.78 Å². The summed E-state index contributed by atoms with van der Waals surface area (Å²) in [5.74, 6) is -0.559. The van der Waals surface area contributed by atoms with Gasteiger partial charge in [0.25, 0.3) is 0 Å². The Kier molecular flexibility index (Phi) is 4.35. The van der Waals surface area contributed by atoms with Crippen LogP contribution in [0, 0.1) is 12.7 Å². The van der Waals surface area contributed by atoms with Crippen molar-refractivity contribution < 1.29 is 9.18 Å². The second kappa shape index (κ2) is 6.19. The molecule has 0 fully saturated rings. The van der Waals surface area contributed by atoms with Crippen LogP contribution in [0.2, 0.25) is 0 Å². The van der Waals surface area contributed by atoms with E-state index >= 15 is 0 Å². The van der Waals surface area contributed by atoms with Gasteiger partial charge in [0.2, 0.25) is 0 Å². The molecule has 2 rings (SSSR count). The van der Waals surface area contributed by atoms with Crippen LogP contribution in [0.4, 0.5) is 15.8 Å². The summed E-state index contributed by atoms with van der Waals surface area (Å²) in [4.78, 5) is 11.9. The molecule has 0 heterocycles. The second-order valence-electron chi connectivity index (χ2n) is 4.71. The number of benzene rings is 2. The Labute approximate surface area is 117 Å². The van der Waals surface area contributed by atoms with E-state index < -0.39 is 5.82 Å². The lowest BCUT2D eigenvalue weighted by Gasteiger charge is -2.07. The zero-order chi connectivity index (χ0) is 14.5. The molecular weight excluding hydrogens is 255 g/mol. The lowest BCUT2D eigenvalue weighted by atomic mass is 10.1. The first-order chi connectivity index (χ1) is 9.56. The van der Waals surface area contributed by atoms with Gasteiger partial charge in [-0.2, -0.15) is 0 Å². The van der Waals surface area contributed by atoms with Crippen molar-refractivity contribution in [1.29, 1.82) is 0 Å². The van der Waals surface area contributed by atoms with Gasteiger partial charge in [-0.05, 0) is 42.8 Å². The topological polar surface area (TPSA) is 55.1 Å². The fraction of sp³-hybridized carbons (Fsp3) is 0.188. The molecule has 2 aromatic rings. The van der Waals surface area contributed by atoms with E-state index in [9.17, 15) is 9.18 Å². The molecule has 0 saturated carbocycles.